The maximum absolute atomic E-state index is 11.1. The monoisotopic (exact) mass is 246 g/mol. The molecule has 0 atom stereocenters. The highest BCUT2D eigenvalue weighted by atomic mass is 35.5. The van der Waals surface area contributed by atoms with Crippen molar-refractivity contribution in [1.29, 1.82) is 0 Å². The van der Waals surface area contributed by atoms with Crippen LogP contribution >= 0.6 is 22.9 Å². The Balaban J connectivity index is 2.09. The lowest BCUT2D eigenvalue weighted by Gasteiger charge is -2.03. The van der Waals surface area contributed by atoms with Crippen molar-refractivity contribution >= 4 is 28.8 Å². The lowest BCUT2D eigenvalue weighted by atomic mass is 10.4. The first-order valence-corrected chi connectivity index (χ1v) is 6.18. The molecule has 0 aliphatic rings. The molecular weight excluding hydrogens is 232 g/mol. The number of thiophene rings is 1. The van der Waals surface area contributed by atoms with Crippen molar-refractivity contribution in [3.8, 4) is 0 Å². The predicted octanol–water partition coefficient (Wildman–Crippen LogP) is 2.02. The maximum Gasteiger partial charge on any atom is 0.221 e. The summed E-state index contributed by atoms with van der Waals surface area (Å²) in [5.74, 6) is 0.0919. The van der Waals surface area contributed by atoms with Crippen LogP contribution in [0.5, 0.6) is 0 Å². The van der Waals surface area contributed by atoms with Crippen LogP contribution in [0, 0.1) is 0 Å². The molecule has 2 N–H and O–H groups in total. The molecule has 5 heteroatoms. The molecule has 0 saturated carbocycles. The number of nitrogens with one attached hydrogen (secondary N) is 2. The van der Waals surface area contributed by atoms with Crippen LogP contribution in [-0.4, -0.2) is 19.0 Å². The van der Waals surface area contributed by atoms with Crippen molar-refractivity contribution in [2.75, 3.05) is 13.1 Å². The van der Waals surface area contributed by atoms with Crippen molar-refractivity contribution < 1.29 is 4.79 Å². The normalized spacial score (nSPS) is 10.3. The van der Waals surface area contributed by atoms with Crippen LogP contribution in [0.3, 0.4) is 0 Å². The molecule has 1 heterocycles. The lowest BCUT2D eigenvalue weighted by Crippen LogP contribution is -2.27. The minimum Gasteiger partial charge on any atom is -0.356 e. The fourth-order valence-electron chi connectivity index (χ4n) is 1.15. The van der Waals surface area contributed by atoms with Crippen LogP contribution in [0.15, 0.2) is 11.4 Å². The molecule has 1 rings (SSSR count). The van der Waals surface area contributed by atoms with Crippen LogP contribution in [0.1, 0.15) is 18.2 Å². The van der Waals surface area contributed by atoms with Crippen molar-refractivity contribution in [2.45, 2.75) is 19.9 Å². The van der Waals surface area contributed by atoms with E-state index in [1.165, 1.54) is 4.88 Å². The Morgan fingerprint density at radius 1 is 1.60 bits per heavy atom. The summed E-state index contributed by atoms with van der Waals surface area (Å²) in [5, 5.41) is 8.63. The van der Waals surface area contributed by atoms with Gasteiger partial charge >= 0.3 is 0 Å². The fourth-order valence-corrected chi connectivity index (χ4v) is 2.19. The van der Waals surface area contributed by atoms with Crippen LogP contribution in [0.4, 0.5) is 0 Å². The molecule has 15 heavy (non-hydrogen) atoms. The molecule has 0 bridgehead atoms. The molecule has 1 aromatic heterocycles. The molecule has 0 fully saturated rings. The summed E-state index contributed by atoms with van der Waals surface area (Å²) in [6, 6.07) is 1.94. The van der Waals surface area contributed by atoms with Gasteiger partial charge in [-0.1, -0.05) is 11.6 Å². The summed E-state index contributed by atoms with van der Waals surface area (Å²) in [5.41, 5.74) is 0. The van der Waals surface area contributed by atoms with E-state index in [1.54, 1.807) is 11.3 Å². The molecule has 0 aromatic carbocycles. The first kappa shape index (κ1) is 12.5. The van der Waals surface area contributed by atoms with Gasteiger partial charge in [0.15, 0.2) is 0 Å². The van der Waals surface area contributed by atoms with Gasteiger partial charge in [-0.15, -0.1) is 11.3 Å². The number of hydrogen-bond acceptors (Lipinski definition) is 3. The van der Waals surface area contributed by atoms with E-state index in [-0.39, 0.29) is 5.91 Å². The molecule has 0 unspecified atom stereocenters. The number of carbonyl (C=O) groups is 1. The second-order valence-corrected chi connectivity index (χ2v) is 4.54. The van der Waals surface area contributed by atoms with E-state index in [1.807, 2.05) is 18.4 Å². The first-order chi connectivity index (χ1) is 7.22. The van der Waals surface area contributed by atoms with E-state index in [9.17, 15) is 4.79 Å². The van der Waals surface area contributed by atoms with Gasteiger partial charge in [-0.2, -0.15) is 0 Å². The Kier molecular flexibility index (Phi) is 5.68. The minimum atomic E-state index is 0.0919. The van der Waals surface area contributed by atoms with Gasteiger partial charge in [0.25, 0.3) is 0 Å². The number of halogens is 1. The Hall–Kier alpha value is -0.580. The quantitative estimate of drug-likeness (QED) is 0.754. The van der Waals surface area contributed by atoms with Crippen LogP contribution in [-0.2, 0) is 11.3 Å². The Bertz CT molecular complexity index is 314. The Labute approximate surface area is 98.8 Å². The summed E-state index contributed by atoms with van der Waals surface area (Å²) >= 11 is 7.41. The van der Waals surface area contributed by atoms with Crippen LogP contribution in [0.25, 0.3) is 0 Å². The standard InChI is InChI=1S/C10H15ClN2OS/c1-2-13-10(14)3-4-12-6-9-5-8(11)7-15-9/h5,7,12H,2-4,6H2,1H3,(H,13,14). The third-order valence-corrected chi connectivity index (χ3v) is 3.11. The second-order valence-electron chi connectivity index (χ2n) is 3.11. The topological polar surface area (TPSA) is 41.1 Å². The zero-order valence-electron chi connectivity index (χ0n) is 8.68. The average molecular weight is 247 g/mol. The SMILES string of the molecule is CCNC(=O)CCNCc1cc(Cl)cs1. The smallest absolute Gasteiger partial charge is 0.221 e. The summed E-state index contributed by atoms with van der Waals surface area (Å²) in [7, 11) is 0. The highest BCUT2D eigenvalue weighted by molar-refractivity contribution is 7.10. The van der Waals surface area contributed by atoms with Gasteiger partial charge in [-0.25, -0.2) is 0 Å². The van der Waals surface area contributed by atoms with Gasteiger partial charge in [0.05, 0.1) is 5.02 Å². The van der Waals surface area contributed by atoms with Crippen molar-refractivity contribution in [2.24, 2.45) is 0 Å². The van der Waals surface area contributed by atoms with E-state index in [0.29, 0.717) is 19.5 Å². The van der Waals surface area contributed by atoms with E-state index in [0.717, 1.165) is 11.6 Å². The van der Waals surface area contributed by atoms with Gasteiger partial charge < -0.3 is 10.6 Å². The Morgan fingerprint density at radius 2 is 2.40 bits per heavy atom. The molecule has 0 radical (unpaired) electrons. The zero-order valence-corrected chi connectivity index (χ0v) is 10.3. The highest BCUT2D eigenvalue weighted by Crippen LogP contribution is 2.18. The van der Waals surface area contributed by atoms with Crippen LogP contribution < -0.4 is 10.6 Å². The number of rotatable bonds is 6. The van der Waals surface area contributed by atoms with Crippen molar-refractivity contribution in [3.63, 3.8) is 0 Å². The molecule has 0 aliphatic carbocycles. The first-order valence-electron chi connectivity index (χ1n) is 4.92. The number of carbonyl (C=O) groups excluding carboxylic acids is 1. The molecular formula is C10H15ClN2OS. The van der Waals surface area contributed by atoms with Gasteiger partial charge in [-0.3, -0.25) is 4.79 Å². The van der Waals surface area contributed by atoms with E-state index >= 15 is 0 Å². The predicted molar refractivity (Wildman–Crippen MR) is 64.3 cm³/mol. The largest absolute Gasteiger partial charge is 0.356 e. The molecule has 0 spiro atoms. The summed E-state index contributed by atoms with van der Waals surface area (Å²) < 4.78 is 0. The molecule has 1 aromatic rings. The molecule has 1 amide bonds. The zero-order chi connectivity index (χ0) is 11.1. The summed E-state index contributed by atoms with van der Waals surface area (Å²) in [4.78, 5) is 12.3. The molecule has 3 nitrogen and oxygen atoms in total. The summed E-state index contributed by atoms with van der Waals surface area (Å²) in [6.07, 6.45) is 0.521. The average Bonchev–Trinajstić information content (AvgIpc) is 2.60. The van der Waals surface area contributed by atoms with Gasteiger partial charge in [0.1, 0.15) is 0 Å². The van der Waals surface area contributed by atoms with E-state index < -0.39 is 0 Å². The fraction of sp³-hybridized carbons (Fsp3) is 0.500. The minimum absolute atomic E-state index is 0.0919. The van der Waals surface area contributed by atoms with Gasteiger partial charge in [0, 0.05) is 36.3 Å². The van der Waals surface area contributed by atoms with Crippen molar-refractivity contribution in [3.05, 3.63) is 21.3 Å². The highest BCUT2D eigenvalue weighted by Gasteiger charge is 2.00. The Morgan fingerprint density at radius 3 is 3.00 bits per heavy atom. The van der Waals surface area contributed by atoms with E-state index in [4.69, 9.17) is 11.6 Å². The van der Waals surface area contributed by atoms with E-state index in [2.05, 4.69) is 10.6 Å². The third-order valence-electron chi connectivity index (χ3n) is 1.82. The third kappa shape index (κ3) is 5.16. The van der Waals surface area contributed by atoms with Crippen LogP contribution in [0.2, 0.25) is 5.02 Å². The molecule has 84 valence electrons. The van der Waals surface area contributed by atoms with Gasteiger partial charge in [-0.05, 0) is 13.0 Å². The van der Waals surface area contributed by atoms with Crippen molar-refractivity contribution in [1.82, 2.24) is 10.6 Å². The van der Waals surface area contributed by atoms with Gasteiger partial charge in [0.2, 0.25) is 5.91 Å². The lowest BCUT2D eigenvalue weighted by molar-refractivity contribution is -0.120. The maximum atomic E-state index is 11.1. The molecule has 0 saturated heterocycles. The summed E-state index contributed by atoms with van der Waals surface area (Å²) in [6.45, 7) is 4.08. The number of hydrogen-bond donors (Lipinski definition) is 2. The second kappa shape index (κ2) is 6.82. The number of amides is 1. The molecule has 0 aliphatic heterocycles.